The Morgan fingerprint density at radius 2 is 2.13 bits per heavy atom. The minimum atomic E-state index is 0.721. The lowest BCUT2D eigenvalue weighted by Gasteiger charge is -2.09. The maximum Gasteiger partial charge on any atom is 0.124 e. The number of methoxy groups -OCH3 is 2. The molecule has 0 amide bonds. The zero-order valence-corrected chi connectivity index (χ0v) is 10.6. The highest BCUT2D eigenvalue weighted by Gasteiger charge is 2.02. The molecule has 0 radical (unpaired) electrons. The Morgan fingerprint density at radius 1 is 1.33 bits per heavy atom. The van der Waals surface area contributed by atoms with Crippen LogP contribution < -0.4 is 10.1 Å². The Labute approximate surface area is 98.9 Å². The monoisotopic (exact) mass is 273 g/mol. The Hall–Kier alpha value is -0.580. The molecular weight excluding hydrogens is 258 g/mol. The lowest BCUT2D eigenvalue weighted by molar-refractivity contribution is 0.199. The summed E-state index contributed by atoms with van der Waals surface area (Å²) >= 11 is 3.41. The third-order valence-corrected chi connectivity index (χ3v) is 2.54. The number of hydrogen-bond donors (Lipinski definition) is 1. The van der Waals surface area contributed by atoms with Crippen molar-refractivity contribution < 1.29 is 9.47 Å². The molecule has 0 heterocycles. The molecule has 0 bridgehead atoms. The largest absolute Gasteiger partial charge is 0.496 e. The lowest BCUT2D eigenvalue weighted by atomic mass is 10.2. The second kappa shape index (κ2) is 6.82. The van der Waals surface area contributed by atoms with E-state index in [1.54, 1.807) is 14.2 Å². The number of hydrogen-bond acceptors (Lipinski definition) is 3. The first-order valence-corrected chi connectivity index (χ1v) is 5.59. The van der Waals surface area contributed by atoms with E-state index in [1.165, 1.54) is 0 Å². The summed E-state index contributed by atoms with van der Waals surface area (Å²) in [6, 6.07) is 6.02. The van der Waals surface area contributed by atoms with Crippen molar-refractivity contribution in [1.29, 1.82) is 0 Å². The molecule has 84 valence electrons. The van der Waals surface area contributed by atoms with Crippen molar-refractivity contribution in [2.45, 2.75) is 6.54 Å². The highest BCUT2D eigenvalue weighted by atomic mass is 79.9. The van der Waals surface area contributed by atoms with Crippen LogP contribution in [0.5, 0.6) is 5.75 Å². The Balaban J connectivity index is 2.52. The van der Waals surface area contributed by atoms with Gasteiger partial charge in [-0.25, -0.2) is 0 Å². The third-order valence-electron chi connectivity index (χ3n) is 2.05. The van der Waals surface area contributed by atoms with E-state index in [0.717, 1.165) is 35.5 Å². The maximum atomic E-state index is 5.28. The van der Waals surface area contributed by atoms with E-state index in [-0.39, 0.29) is 0 Å². The van der Waals surface area contributed by atoms with Gasteiger partial charge in [0.1, 0.15) is 5.75 Å². The Bertz CT molecular complexity index is 305. The van der Waals surface area contributed by atoms with Gasteiger partial charge in [-0.05, 0) is 12.1 Å². The molecule has 15 heavy (non-hydrogen) atoms. The van der Waals surface area contributed by atoms with Crippen LogP contribution in [0.15, 0.2) is 22.7 Å². The van der Waals surface area contributed by atoms with Gasteiger partial charge in [0, 0.05) is 30.2 Å². The fourth-order valence-electron chi connectivity index (χ4n) is 1.26. The van der Waals surface area contributed by atoms with Crippen LogP contribution in [0.4, 0.5) is 0 Å². The molecule has 0 fully saturated rings. The molecule has 0 aliphatic rings. The van der Waals surface area contributed by atoms with Crippen LogP contribution in [0.3, 0.4) is 0 Å². The fourth-order valence-corrected chi connectivity index (χ4v) is 1.60. The molecule has 0 saturated heterocycles. The molecule has 1 rings (SSSR count). The topological polar surface area (TPSA) is 30.5 Å². The summed E-state index contributed by atoms with van der Waals surface area (Å²) in [5.74, 6) is 0.897. The van der Waals surface area contributed by atoms with Crippen LogP contribution in [0.2, 0.25) is 0 Å². The van der Waals surface area contributed by atoms with Crippen LogP contribution in [0.25, 0.3) is 0 Å². The van der Waals surface area contributed by atoms with E-state index < -0.39 is 0 Å². The summed E-state index contributed by atoms with van der Waals surface area (Å²) in [6.45, 7) is 2.36. The first-order chi connectivity index (χ1) is 7.27. The number of rotatable bonds is 6. The van der Waals surface area contributed by atoms with Crippen molar-refractivity contribution in [3.63, 3.8) is 0 Å². The van der Waals surface area contributed by atoms with Gasteiger partial charge in [0.15, 0.2) is 0 Å². The molecule has 0 aromatic heterocycles. The molecule has 0 saturated carbocycles. The molecule has 4 heteroatoms. The predicted molar refractivity (Wildman–Crippen MR) is 64.3 cm³/mol. The molecule has 1 aromatic carbocycles. The van der Waals surface area contributed by atoms with E-state index in [4.69, 9.17) is 9.47 Å². The van der Waals surface area contributed by atoms with E-state index >= 15 is 0 Å². The third kappa shape index (κ3) is 4.20. The standard InChI is InChI=1S/C11H16BrNO2/c1-14-6-5-13-8-9-3-4-10(12)7-11(9)15-2/h3-4,7,13H,5-6,8H2,1-2H3. The van der Waals surface area contributed by atoms with Gasteiger partial charge in [0.05, 0.1) is 13.7 Å². The van der Waals surface area contributed by atoms with Crippen LogP contribution in [0.1, 0.15) is 5.56 Å². The van der Waals surface area contributed by atoms with Crippen molar-refractivity contribution in [2.75, 3.05) is 27.4 Å². The van der Waals surface area contributed by atoms with Crippen molar-refractivity contribution >= 4 is 15.9 Å². The number of benzene rings is 1. The molecule has 0 aliphatic heterocycles. The first-order valence-electron chi connectivity index (χ1n) is 4.80. The number of ether oxygens (including phenoxy) is 2. The highest BCUT2D eigenvalue weighted by molar-refractivity contribution is 9.10. The zero-order chi connectivity index (χ0) is 11.1. The smallest absolute Gasteiger partial charge is 0.124 e. The van der Waals surface area contributed by atoms with Gasteiger partial charge in [-0.3, -0.25) is 0 Å². The van der Waals surface area contributed by atoms with Crippen molar-refractivity contribution in [2.24, 2.45) is 0 Å². The van der Waals surface area contributed by atoms with Crippen LogP contribution in [0, 0.1) is 0 Å². The maximum absolute atomic E-state index is 5.28. The van der Waals surface area contributed by atoms with E-state index in [1.807, 2.05) is 18.2 Å². The van der Waals surface area contributed by atoms with Gasteiger partial charge in [-0.15, -0.1) is 0 Å². The molecule has 0 unspecified atom stereocenters. The van der Waals surface area contributed by atoms with Gasteiger partial charge in [0.25, 0.3) is 0 Å². The van der Waals surface area contributed by atoms with Crippen molar-refractivity contribution in [3.8, 4) is 5.75 Å². The van der Waals surface area contributed by atoms with E-state index in [0.29, 0.717) is 0 Å². The van der Waals surface area contributed by atoms with Crippen LogP contribution in [-0.4, -0.2) is 27.4 Å². The average molecular weight is 274 g/mol. The van der Waals surface area contributed by atoms with Crippen LogP contribution >= 0.6 is 15.9 Å². The Kier molecular flexibility index (Phi) is 5.68. The summed E-state index contributed by atoms with van der Waals surface area (Å²) in [5.41, 5.74) is 1.15. The molecule has 1 aromatic rings. The minimum absolute atomic E-state index is 0.721. The summed E-state index contributed by atoms with van der Waals surface area (Å²) in [7, 11) is 3.38. The molecule has 1 N–H and O–H groups in total. The van der Waals surface area contributed by atoms with Gasteiger partial charge in [-0.1, -0.05) is 22.0 Å². The van der Waals surface area contributed by atoms with Gasteiger partial charge in [-0.2, -0.15) is 0 Å². The molecular formula is C11H16BrNO2. The fraction of sp³-hybridized carbons (Fsp3) is 0.455. The molecule has 0 spiro atoms. The van der Waals surface area contributed by atoms with Gasteiger partial charge >= 0.3 is 0 Å². The molecule has 0 atom stereocenters. The highest BCUT2D eigenvalue weighted by Crippen LogP contribution is 2.23. The SMILES string of the molecule is COCCNCc1ccc(Br)cc1OC. The quantitative estimate of drug-likeness (QED) is 0.807. The first kappa shape index (κ1) is 12.5. The number of nitrogens with one attached hydrogen (secondary N) is 1. The van der Waals surface area contributed by atoms with Gasteiger partial charge in [0.2, 0.25) is 0 Å². The van der Waals surface area contributed by atoms with Crippen LogP contribution in [-0.2, 0) is 11.3 Å². The summed E-state index contributed by atoms with van der Waals surface area (Å²) in [6.07, 6.45) is 0. The molecule has 3 nitrogen and oxygen atoms in total. The number of halogens is 1. The summed E-state index contributed by atoms with van der Waals surface area (Å²) in [5, 5.41) is 3.28. The second-order valence-corrected chi connectivity index (χ2v) is 4.04. The van der Waals surface area contributed by atoms with Crippen molar-refractivity contribution in [1.82, 2.24) is 5.32 Å². The van der Waals surface area contributed by atoms with Gasteiger partial charge < -0.3 is 14.8 Å². The minimum Gasteiger partial charge on any atom is -0.496 e. The van der Waals surface area contributed by atoms with Crippen molar-refractivity contribution in [3.05, 3.63) is 28.2 Å². The lowest BCUT2D eigenvalue weighted by Crippen LogP contribution is -2.18. The van der Waals surface area contributed by atoms with E-state index in [2.05, 4.69) is 21.2 Å². The summed E-state index contributed by atoms with van der Waals surface area (Å²) in [4.78, 5) is 0. The average Bonchev–Trinajstić information content (AvgIpc) is 2.26. The summed E-state index contributed by atoms with van der Waals surface area (Å²) < 4.78 is 11.3. The zero-order valence-electron chi connectivity index (χ0n) is 9.05. The Morgan fingerprint density at radius 3 is 2.80 bits per heavy atom. The second-order valence-electron chi connectivity index (χ2n) is 3.13. The molecule has 0 aliphatic carbocycles. The predicted octanol–water partition coefficient (Wildman–Crippen LogP) is 2.19. The van der Waals surface area contributed by atoms with E-state index in [9.17, 15) is 0 Å². The normalized spacial score (nSPS) is 10.3.